The van der Waals surface area contributed by atoms with Crippen LogP contribution in [-0.4, -0.2) is 43.1 Å². The maximum absolute atomic E-state index is 12.4. The van der Waals surface area contributed by atoms with E-state index in [9.17, 15) is 9.59 Å². The summed E-state index contributed by atoms with van der Waals surface area (Å²) in [6.45, 7) is 4.58. The van der Waals surface area contributed by atoms with Crippen molar-refractivity contribution in [3.05, 3.63) is 10.5 Å². The number of H-pyrrole nitrogens is 1. The Bertz CT molecular complexity index is 799. The molecule has 1 fully saturated rings. The number of fused-ring (bicyclic) bond motifs is 1. The van der Waals surface area contributed by atoms with Crippen molar-refractivity contribution in [3.8, 4) is 0 Å². The van der Waals surface area contributed by atoms with Crippen molar-refractivity contribution in [1.29, 1.82) is 0 Å². The molecule has 0 saturated carbocycles. The Hall–Kier alpha value is -1.96. The van der Waals surface area contributed by atoms with Crippen LogP contribution in [0.5, 0.6) is 0 Å². The average Bonchev–Trinajstić information content (AvgIpc) is 2.94. The summed E-state index contributed by atoms with van der Waals surface area (Å²) in [5.41, 5.74) is 2.53. The van der Waals surface area contributed by atoms with Crippen LogP contribution in [0, 0.1) is 11.7 Å². The number of nitrogens with one attached hydrogen (secondary N) is 1. The predicted molar refractivity (Wildman–Crippen MR) is 79.4 cm³/mol. The summed E-state index contributed by atoms with van der Waals surface area (Å²) in [5, 5.41) is 4.45. The maximum Gasteiger partial charge on any atom is 0.252 e. The third kappa shape index (κ3) is 1.93. The second kappa shape index (κ2) is 4.80. The van der Waals surface area contributed by atoms with E-state index < -0.39 is 6.04 Å². The van der Waals surface area contributed by atoms with Gasteiger partial charge >= 0.3 is 0 Å². The lowest BCUT2D eigenvalue weighted by Crippen LogP contribution is -2.43. The highest BCUT2D eigenvalue weighted by atomic mass is 32.1. The van der Waals surface area contributed by atoms with Crippen LogP contribution in [0.2, 0.25) is 0 Å². The monoisotopic (exact) mass is 307 g/mol. The van der Waals surface area contributed by atoms with Crippen molar-refractivity contribution < 1.29 is 9.59 Å². The van der Waals surface area contributed by atoms with E-state index in [0.717, 1.165) is 16.9 Å². The van der Waals surface area contributed by atoms with Crippen LogP contribution in [0.4, 0.5) is 0 Å². The number of amides is 2. The first-order valence-electron chi connectivity index (χ1n) is 6.93. The SMILES string of the molecule is CCn1nc(C)c2[nH]c(=S)n(C3CCC(=O)N(C)C3=O)c21. The highest BCUT2D eigenvalue weighted by Gasteiger charge is 2.35. The molecule has 0 spiro atoms. The van der Waals surface area contributed by atoms with Gasteiger partial charge in [0.1, 0.15) is 11.6 Å². The van der Waals surface area contributed by atoms with E-state index in [1.165, 1.54) is 11.9 Å². The fraction of sp³-hybridized carbons (Fsp3) is 0.538. The van der Waals surface area contributed by atoms with Gasteiger partial charge in [-0.2, -0.15) is 5.10 Å². The Morgan fingerprint density at radius 3 is 2.81 bits per heavy atom. The van der Waals surface area contributed by atoms with Gasteiger partial charge in [-0.15, -0.1) is 0 Å². The third-order valence-corrected chi connectivity index (χ3v) is 4.31. The molecular weight excluding hydrogens is 290 g/mol. The molecule has 1 unspecified atom stereocenters. The molecule has 1 aliphatic heterocycles. The Kier molecular flexibility index (Phi) is 3.20. The van der Waals surface area contributed by atoms with Gasteiger partial charge in [0.25, 0.3) is 5.91 Å². The summed E-state index contributed by atoms with van der Waals surface area (Å²) in [4.78, 5) is 28.4. The fourth-order valence-electron chi connectivity index (χ4n) is 2.87. The fourth-order valence-corrected chi connectivity index (χ4v) is 3.19. The normalized spacial score (nSPS) is 19.8. The van der Waals surface area contributed by atoms with Gasteiger partial charge < -0.3 is 4.98 Å². The Morgan fingerprint density at radius 1 is 1.43 bits per heavy atom. The molecular formula is C13H17N5O2S. The first-order valence-corrected chi connectivity index (χ1v) is 7.34. The molecule has 0 aliphatic carbocycles. The maximum atomic E-state index is 12.4. The molecule has 0 bridgehead atoms. The van der Waals surface area contributed by atoms with Crippen molar-refractivity contribution >= 4 is 35.2 Å². The molecule has 7 nitrogen and oxygen atoms in total. The Balaban J connectivity index is 2.21. The first-order chi connectivity index (χ1) is 9.95. The lowest BCUT2D eigenvalue weighted by Gasteiger charge is -2.28. The first kappa shape index (κ1) is 14.0. The number of rotatable bonds is 2. The van der Waals surface area contributed by atoms with Gasteiger partial charge in [-0.3, -0.25) is 19.1 Å². The molecule has 8 heteroatoms. The van der Waals surface area contributed by atoms with Gasteiger partial charge in [0.05, 0.1) is 5.69 Å². The number of imidazole rings is 1. The number of aromatic amines is 1. The third-order valence-electron chi connectivity index (χ3n) is 4.01. The van der Waals surface area contributed by atoms with Gasteiger partial charge in [-0.1, -0.05) is 0 Å². The molecule has 1 aliphatic rings. The van der Waals surface area contributed by atoms with Crippen molar-refractivity contribution in [3.63, 3.8) is 0 Å². The summed E-state index contributed by atoms with van der Waals surface area (Å²) in [5.74, 6) is -0.362. The number of hydrogen-bond donors (Lipinski definition) is 1. The predicted octanol–water partition coefficient (Wildman–Crippen LogP) is 1.54. The highest BCUT2D eigenvalue weighted by molar-refractivity contribution is 7.71. The number of aryl methyl sites for hydroxylation is 2. The summed E-state index contributed by atoms with van der Waals surface area (Å²) in [6.07, 6.45) is 0.817. The number of aromatic nitrogens is 4. The van der Waals surface area contributed by atoms with Crippen LogP contribution in [0.25, 0.3) is 11.2 Å². The van der Waals surface area contributed by atoms with Crippen molar-refractivity contribution in [2.24, 2.45) is 0 Å². The number of piperidine rings is 1. The number of likely N-dealkylation sites (N-methyl/N-ethyl adjacent to an activating group) is 1. The molecule has 2 aromatic heterocycles. The van der Waals surface area contributed by atoms with Crippen molar-refractivity contribution in [1.82, 2.24) is 24.2 Å². The molecule has 2 amide bonds. The molecule has 1 N–H and O–H groups in total. The molecule has 3 heterocycles. The zero-order valence-corrected chi connectivity index (χ0v) is 13.0. The summed E-state index contributed by atoms with van der Waals surface area (Å²) in [7, 11) is 1.52. The van der Waals surface area contributed by atoms with E-state index in [1.807, 2.05) is 18.5 Å². The number of carbonyl (C=O) groups is 2. The lowest BCUT2D eigenvalue weighted by atomic mass is 10.0. The minimum absolute atomic E-state index is 0.144. The number of carbonyl (C=O) groups excluding carboxylic acids is 2. The average molecular weight is 307 g/mol. The number of hydrogen-bond acceptors (Lipinski definition) is 4. The van der Waals surface area contributed by atoms with E-state index in [0.29, 0.717) is 24.2 Å². The second-order valence-corrected chi connectivity index (χ2v) is 5.63. The quantitative estimate of drug-likeness (QED) is 0.674. The minimum atomic E-state index is -0.449. The Morgan fingerprint density at radius 2 is 2.14 bits per heavy atom. The molecule has 0 radical (unpaired) electrons. The van der Waals surface area contributed by atoms with E-state index in [4.69, 9.17) is 12.2 Å². The van der Waals surface area contributed by atoms with Crippen LogP contribution >= 0.6 is 12.2 Å². The van der Waals surface area contributed by atoms with Crippen molar-refractivity contribution in [2.75, 3.05) is 7.05 Å². The number of imide groups is 1. The molecule has 2 aromatic rings. The molecule has 112 valence electrons. The van der Waals surface area contributed by atoms with E-state index in [2.05, 4.69) is 10.1 Å². The lowest BCUT2D eigenvalue weighted by molar-refractivity contribution is -0.149. The smallest absolute Gasteiger partial charge is 0.252 e. The molecule has 1 atom stereocenters. The zero-order valence-electron chi connectivity index (χ0n) is 12.2. The van der Waals surface area contributed by atoms with Gasteiger partial charge in [-0.25, -0.2) is 4.68 Å². The molecule has 1 saturated heterocycles. The molecule has 3 rings (SSSR count). The summed E-state index contributed by atoms with van der Waals surface area (Å²) < 4.78 is 4.13. The van der Waals surface area contributed by atoms with Gasteiger partial charge in [0.15, 0.2) is 10.4 Å². The summed E-state index contributed by atoms with van der Waals surface area (Å²) in [6, 6.07) is -0.449. The van der Waals surface area contributed by atoms with Crippen molar-refractivity contribution in [2.45, 2.75) is 39.3 Å². The standard InChI is InChI=1S/C13H17N5O2S/c1-4-17-11-10(7(2)15-17)14-13(21)18(11)8-5-6-9(19)16(3)12(8)20/h8H,4-6H2,1-3H3,(H,14,21). The van der Waals surface area contributed by atoms with E-state index >= 15 is 0 Å². The molecule has 0 aromatic carbocycles. The van der Waals surface area contributed by atoms with Crippen LogP contribution in [0.1, 0.15) is 31.5 Å². The largest absolute Gasteiger partial charge is 0.328 e. The number of likely N-dealkylation sites (tertiary alicyclic amines) is 1. The Labute approximate surface area is 126 Å². The zero-order chi connectivity index (χ0) is 15.3. The topological polar surface area (TPSA) is 75.9 Å². The van der Waals surface area contributed by atoms with Gasteiger partial charge in [0, 0.05) is 20.0 Å². The van der Waals surface area contributed by atoms with Crippen LogP contribution < -0.4 is 0 Å². The molecule has 21 heavy (non-hydrogen) atoms. The van der Waals surface area contributed by atoms with Crippen LogP contribution in [-0.2, 0) is 16.1 Å². The van der Waals surface area contributed by atoms with E-state index in [-0.39, 0.29) is 11.8 Å². The minimum Gasteiger partial charge on any atom is -0.328 e. The van der Waals surface area contributed by atoms with Gasteiger partial charge in [0.2, 0.25) is 5.91 Å². The van der Waals surface area contributed by atoms with Gasteiger partial charge in [-0.05, 0) is 32.5 Å². The summed E-state index contributed by atoms with van der Waals surface area (Å²) >= 11 is 5.39. The van der Waals surface area contributed by atoms with Crippen LogP contribution in [0.3, 0.4) is 0 Å². The van der Waals surface area contributed by atoms with Crippen LogP contribution in [0.15, 0.2) is 0 Å². The highest BCUT2D eigenvalue weighted by Crippen LogP contribution is 2.28. The van der Waals surface area contributed by atoms with E-state index in [1.54, 1.807) is 4.57 Å². The number of nitrogens with zero attached hydrogens (tertiary/aromatic N) is 4. The second-order valence-electron chi connectivity index (χ2n) is 5.25.